The van der Waals surface area contributed by atoms with Crippen LogP contribution in [0.4, 0.5) is 0 Å². The molecule has 0 aliphatic heterocycles. The van der Waals surface area contributed by atoms with Gasteiger partial charge in [-0.3, -0.25) is 0 Å². The van der Waals surface area contributed by atoms with E-state index in [2.05, 4.69) is 10.2 Å². The van der Waals surface area contributed by atoms with Crippen LogP contribution in [-0.2, 0) is 9.47 Å². The van der Waals surface area contributed by atoms with Crippen LogP contribution >= 0.6 is 0 Å². The van der Waals surface area contributed by atoms with E-state index in [1.807, 2.05) is 0 Å². The largest absolute Gasteiger partial charge is 0.457 e. The summed E-state index contributed by atoms with van der Waals surface area (Å²) in [5, 5.41) is 7.67. The second kappa shape index (κ2) is 6.29. The third kappa shape index (κ3) is 3.42. The van der Waals surface area contributed by atoms with E-state index in [-0.39, 0.29) is 12.1 Å². The van der Waals surface area contributed by atoms with Gasteiger partial charge in [0.15, 0.2) is 0 Å². The Morgan fingerprint density at radius 3 is 2.55 bits per heavy atom. The molecule has 6 heteroatoms. The van der Waals surface area contributed by atoms with E-state index in [1.165, 1.54) is 0 Å². The molecule has 0 N–H and O–H groups in total. The molecule has 0 unspecified atom stereocenters. The van der Waals surface area contributed by atoms with E-state index < -0.39 is 0 Å². The fourth-order valence-corrected chi connectivity index (χ4v) is 1.68. The van der Waals surface area contributed by atoms with Gasteiger partial charge in [-0.1, -0.05) is 0 Å². The van der Waals surface area contributed by atoms with Gasteiger partial charge in [0.05, 0.1) is 12.2 Å². The van der Waals surface area contributed by atoms with Crippen LogP contribution in [0.3, 0.4) is 0 Å². The number of benzene rings is 1. The first-order chi connectivity index (χ1) is 9.60. The van der Waals surface area contributed by atoms with Crippen molar-refractivity contribution in [2.75, 3.05) is 13.7 Å². The summed E-state index contributed by atoms with van der Waals surface area (Å²) in [6.45, 7) is 3.86. The van der Waals surface area contributed by atoms with Crippen LogP contribution in [0.15, 0.2) is 28.7 Å². The number of hydrogen-bond acceptors (Lipinski definition) is 6. The number of nitrogens with zero attached hydrogens (tertiary/aromatic N) is 2. The van der Waals surface area contributed by atoms with E-state index >= 15 is 0 Å². The first kappa shape index (κ1) is 14.2. The molecular weight excluding hydrogens is 260 g/mol. The minimum absolute atomic E-state index is 0.286. The zero-order valence-electron chi connectivity index (χ0n) is 11.6. The normalized spacial score (nSPS) is 12.2. The zero-order valence-corrected chi connectivity index (χ0v) is 11.6. The van der Waals surface area contributed by atoms with Crippen LogP contribution in [0.5, 0.6) is 0 Å². The lowest BCUT2D eigenvalue weighted by molar-refractivity contribution is 0.0120. The average Bonchev–Trinajstić information content (AvgIpc) is 2.86. The molecule has 20 heavy (non-hydrogen) atoms. The Morgan fingerprint density at radius 1 is 1.30 bits per heavy atom. The zero-order chi connectivity index (χ0) is 14.5. The summed E-state index contributed by atoms with van der Waals surface area (Å²) in [4.78, 5) is 11.9. The first-order valence-corrected chi connectivity index (χ1v) is 6.20. The standard InChI is InChI=1S/C14H16N2O4/c1-9(8-18-3)19-14(17)12-6-4-11(5-7-12)13-16-15-10(2)20-13/h4-7,9H,8H2,1-3H3/t9-/m1/s1. The van der Waals surface area contributed by atoms with Gasteiger partial charge in [0, 0.05) is 19.6 Å². The van der Waals surface area contributed by atoms with Crippen LogP contribution in [0.1, 0.15) is 23.2 Å². The van der Waals surface area contributed by atoms with Crippen molar-refractivity contribution in [2.24, 2.45) is 0 Å². The highest BCUT2D eigenvalue weighted by Crippen LogP contribution is 2.18. The third-order valence-corrected chi connectivity index (χ3v) is 2.60. The summed E-state index contributed by atoms with van der Waals surface area (Å²) in [5.41, 5.74) is 1.22. The van der Waals surface area contributed by atoms with Gasteiger partial charge in [-0.15, -0.1) is 10.2 Å². The summed E-state index contributed by atoms with van der Waals surface area (Å²) < 4.78 is 15.4. The second-order valence-electron chi connectivity index (χ2n) is 4.37. The quantitative estimate of drug-likeness (QED) is 0.780. The Balaban J connectivity index is 2.06. The van der Waals surface area contributed by atoms with Gasteiger partial charge in [-0.25, -0.2) is 4.79 Å². The molecule has 0 saturated heterocycles. The molecular formula is C14H16N2O4. The maximum atomic E-state index is 11.9. The molecule has 1 aromatic carbocycles. The Morgan fingerprint density at radius 2 is 2.00 bits per heavy atom. The molecule has 0 radical (unpaired) electrons. The van der Waals surface area contributed by atoms with Crippen LogP contribution in [-0.4, -0.2) is 36.0 Å². The van der Waals surface area contributed by atoms with Crippen molar-refractivity contribution >= 4 is 5.97 Å². The lowest BCUT2D eigenvalue weighted by Gasteiger charge is -2.11. The Hall–Kier alpha value is -2.21. The molecule has 0 fully saturated rings. The predicted octanol–water partition coefficient (Wildman–Crippen LogP) is 2.24. The van der Waals surface area contributed by atoms with E-state index in [0.29, 0.717) is 24.0 Å². The van der Waals surface area contributed by atoms with Gasteiger partial charge < -0.3 is 13.9 Å². The molecule has 0 aliphatic rings. The highest BCUT2D eigenvalue weighted by Gasteiger charge is 2.13. The molecule has 0 spiro atoms. The number of ether oxygens (including phenoxy) is 2. The maximum absolute atomic E-state index is 11.9. The summed E-state index contributed by atoms with van der Waals surface area (Å²) >= 11 is 0. The first-order valence-electron chi connectivity index (χ1n) is 6.20. The van der Waals surface area contributed by atoms with Gasteiger partial charge in [0.2, 0.25) is 11.8 Å². The second-order valence-corrected chi connectivity index (χ2v) is 4.37. The molecule has 6 nitrogen and oxygen atoms in total. The molecule has 0 aliphatic carbocycles. The highest BCUT2D eigenvalue weighted by atomic mass is 16.6. The van der Waals surface area contributed by atoms with Crippen LogP contribution < -0.4 is 0 Å². The number of methoxy groups -OCH3 is 1. The topological polar surface area (TPSA) is 74.5 Å². The van der Waals surface area contributed by atoms with Crippen LogP contribution in [0.2, 0.25) is 0 Å². The van der Waals surface area contributed by atoms with Crippen LogP contribution in [0.25, 0.3) is 11.5 Å². The number of esters is 1. The molecule has 1 aromatic heterocycles. The van der Waals surface area contributed by atoms with Crippen molar-refractivity contribution in [2.45, 2.75) is 20.0 Å². The lowest BCUT2D eigenvalue weighted by Crippen LogP contribution is -2.19. The summed E-state index contributed by atoms with van der Waals surface area (Å²) in [7, 11) is 1.56. The van der Waals surface area contributed by atoms with E-state index in [4.69, 9.17) is 13.9 Å². The Labute approximate surface area is 116 Å². The van der Waals surface area contributed by atoms with Crippen molar-refractivity contribution in [3.63, 3.8) is 0 Å². The van der Waals surface area contributed by atoms with Crippen molar-refractivity contribution < 1.29 is 18.7 Å². The van der Waals surface area contributed by atoms with Crippen LogP contribution in [0, 0.1) is 6.92 Å². The minimum Gasteiger partial charge on any atom is -0.457 e. The number of carbonyl (C=O) groups excluding carboxylic acids is 1. The number of carbonyl (C=O) groups is 1. The van der Waals surface area contributed by atoms with Crippen molar-refractivity contribution in [3.8, 4) is 11.5 Å². The van der Waals surface area contributed by atoms with Gasteiger partial charge >= 0.3 is 5.97 Å². The van der Waals surface area contributed by atoms with E-state index in [9.17, 15) is 4.79 Å². The SMILES string of the molecule is COC[C@@H](C)OC(=O)c1ccc(-c2nnc(C)o2)cc1. The van der Waals surface area contributed by atoms with Crippen molar-refractivity contribution in [1.29, 1.82) is 0 Å². The maximum Gasteiger partial charge on any atom is 0.338 e. The fraction of sp³-hybridized carbons (Fsp3) is 0.357. The molecule has 0 bridgehead atoms. The van der Waals surface area contributed by atoms with Gasteiger partial charge in [-0.05, 0) is 31.2 Å². The molecule has 0 saturated carbocycles. The average molecular weight is 276 g/mol. The summed E-state index contributed by atoms with van der Waals surface area (Å²) in [5.74, 6) is 0.537. The van der Waals surface area contributed by atoms with E-state index in [0.717, 1.165) is 5.56 Å². The number of aryl methyl sites for hydroxylation is 1. The summed E-state index contributed by atoms with van der Waals surface area (Å²) in [6.07, 6.45) is -0.286. The third-order valence-electron chi connectivity index (χ3n) is 2.60. The molecule has 2 rings (SSSR count). The van der Waals surface area contributed by atoms with Crippen molar-refractivity contribution in [3.05, 3.63) is 35.7 Å². The molecule has 106 valence electrons. The lowest BCUT2D eigenvalue weighted by atomic mass is 10.1. The van der Waals surface area contributed by atoms with Gasteiger partial charge in [0.1, 0.15) is 6.10 Å². The number of aromatic nitrogens is 2. The Bertz CT molecular complexity index is 577. The minimum atomic E-state index is -0.386. The molecule has 1 heterocycles. The number of rotatable bonds is 5. The van der Waals surface area contributed by atoms with Gasteiger partial charge in [-0.2, -0.15) is 0 Å². The van der Waals surface area contributed by atoms with Crippen molar-refractivity contribution in [1.82, 2.24) is 10.2 Å². The molecule has 2 aromatic rings. The molecule has 1 atom stereocenters. The Kier molecular flexibility index (Phi) is 4.47. The van der Waals surface area contributed by atoms with E-state index in [1.54, 1.807) is 45.2 Å². The fourth-order valence-electron chi connectivity index (χ4n) is 1.68. The monoisotopic (exact) mass is 276 g/mol. The van der Waals surface area contributed by atoms with Gasteiger partial charge in [0.25, 0.3) is 0 Å². The number of hydrogen-bond donors (Lipinski definition) is 0. The smallest absolute Gasteiger partial charge is 0.338 e. The highest BCUT2D eigenvalue weighted by molar-refractivity contribution is 5.90. The summed E-state index contributed by atoms with van der Waals surface area (Å²) in [6, 6.07) is 6.81. The predicted molar refractivity (Wildman–Crippen MR) is 71.2 cm³/mol. The molecule has 0 amide bonds.